The van der Waals surface area contributed by atoms with Gasteiger partial charge in [-0.1, -0.05) is 19.1 Å². The third kappa shape index (κ3) is 4.18. The highest BCUT2D eigenvalue weighted by Crippen LogP contribution is 2.29. The number of nitrogens with one attached hydrogen (secondary N) is 1. The Labute approximate surface area is 132 Å². The van der Waals surface area contributed by atoms with E-state index >= 15 is 0 Å². The van der Waals surface area contributed by atoms with Crippen LogP contribution >= 0.6 is 22.6 Å². The van der Waals surface area contributed by atoms with E-state index in [4.69, 9.17) is 4.74 Å². The Morgan fingerprint density at radius 1 is 1.15 bits per heavy atom. The van der Waals surface area contributed by atoms with Crippen molar-refractivity contribution in [3.05, 3.63) is 57.4 Å². The molecule has 0 unspecified atom stereocenters. The molecule has 0 atom stereocenters. The molecule has 2 aromatic rings. The molecule has 0 saturated heterocycles. The van der Waals surface area contributed by atoms with Crippen molar-refractivity contribution in [2.24, 2.45) is 0 Å². The van der Waals surface area contributed by atoms with Crippen molar-refractivity contribution in [3.63, 3.8) is 0 Å². The summed E-state index contributed by atoms with van der Waals surface area (Å²) in [5.41, 5.74) is 0.832. The quantitative estimate of drug-likeness (QED) is 0.574. The number of halogens is 2. The second-order valence-electron chi connectivity index (χ2n) is 4.46. The molecule has 0 heterocycles. The minimum Gasteiger partial charge on any atom is -0.456 e. The first-order valence-corrected chi connectivity index (χ1v) is 7.70. The van der Waals surface area contributed by atoms with E-state index in [-0.39, 0.29) is 5.82 Å². The molecule has 0 aliphatic rings. The Kier molecular flexibility index (Phi) is 5.79. The van der Waals surface area contributed by atoms with Gasteiger partial charge in [-0.05, 0) is 65.9 Å². The van der Waals surface area contributed by atoms with E-state index in [1.807, 2.05) is 24.3 Å². The Bertz CT molecular complexity index is 574. The highest BCUT2D eigenvalue weighted by molar-refractivity contribution is 14.1. The average molecular weight is 385 g/mol. The minimum atomic E-state index is -0.242. The molecule has 0 saturated carbocycles. The summed E-state index contributed by atoms with van der Waals surface area (Å²) in [7, 11) is 0. The lowest BCUT2D eigenvalue weighted by Gasteiger charge is -2.13. The van der Waals surface area contributed by atoms with Crippen LogP contribution in [0.5, 0.6) is 11.5 Å². The molecular formula is C16H17FINO. The zero-order chi connectivity index (χ0) is 14.4. The number of ether oxygens (including phenoxy) is 1. The second kappa shape index (κ2) is 7.59. The van der Waals surface area contributed by atoms with Gasteiger partial charge in [0.25, 0.3) is 0 Å². The van der Waals surface area contributed by atoms with Crippen LogP contribution in [0.15, 0.2) is 42.5 Å². The first-order valence-electron chi connectivity index (χ1n) is 6.62. The lowest BCUT2D eigenvalue weighted by Crippen LogP contribution is -2.14. The molecule has 0 bridgehead atoms. The van der Waals surface area contributed by atoms with Gasteiger partial charge >= 0.3 is 0 Å². The fraction of sp³-hybridized carbons (Fsp3) is 0.250. The predicted octanol–water partition coefficient (Wildman–Crippen LogP) is 4.72. The van der Waals surface area contributed by atoms with E-state index in [1.54, 1.807) is 6.07 Å². The first-order chi connectivity index (χ1) is 9.70. The SMILES string of the molecule is CCCNCc1cc(F)ccc1Oc1ccccc1I. The van der Waals surface area contributed by atoms with Gasteiger partial charge in [0.15, 0.2) is 0 Å². The van der Waals surface area contributed by atoms with Crippen LogP contribution in [0.4, 0.5) is 4.39 Å². The third-order valence-corrected chi connectivity index (χ3v) is 3.71. The molecule has 1 N–H and O–H groups in total. The molecule has 2 aromatic carbocycles. The van der Waals surface area contributed by atoms with Gasteiger partial charge in [-0.15, -0.1) is 0 Å². The van der Waals surface area contributed by atoms with Gasteiger partial charge in [0.2, 0.25) is 0 Å². The molecule has 0 aliphatic carbocycles. The van der Waals surface area contributed by atoms with Crippen LogP contribution in [0, 0.1) is 9.39 Å². The average Bonchev–Trinajstić information content (AvgIpc) is 2.44. The lowest BCUT2D eigenvalue weighted by molar-refractivity contribution is 0.467. The molecule has 2 nitrogen and oxygen atoms in total. The molecule has 0 amide bonds. The highest BCUT2D eigenvalue weighted by Gasteiger charge is 2.08. The largest absolute Gasteiger partial charge is 0.456 e. The first kappa shape index (κ1) is 15.3. The van der Waals surface area contributed by atoms with Crippen molar-refractivity contribution in [1.29, 1.82) is 0 Å². The molecule has 20 heavy (non-hydrogen) atoms. The zero-order valence-electron chi connectivity index (χ0n) is 11.3. The molecule has 2 rings (SSSR count). The molecule has 4 heteroatoms. The van der Waals surface area contributed by atoms with Crippen molar-refractivity contribution in [1.82, 2.24) is 5.32 Å². The van der Waals surface area contributed by atoms with Crippen LogP contribution in [0.2, 0.25) is 0 Å². The van der Waals surface area contributed by atoms with Crippen molar-refractivity contribution in [3.8, 4) is 11.5 Å². The summed E-state index contributed by atoms with van der Waals surface area (Å²) >= 11 is 2.23. The maximum atomic E-state index is 13.4. The van der Waals surface area contributed by atoms with Gasteiger partial charge in [-0.2, -0.15) is 0 Å². The molecule has 0 radical (unpaired) electrons. The Morgan fingerprint density at radius 2 is 1.95 bits per heavy atom. The van der Waals surface area contributed by atoms with Gasteiger partial charge in [-0.3, -0.25) is 0 Å². The van der Waals surface area contributed by atoms with E-state index in [0.29, 0.717) is 12.3 Å². The number of para-hydroxylation sites is 1. The molecule has 0 spiro atoms. The summed E-state index contributed by atoms with van der Waals surface area (Å²) in [6.45, 7) is 3.60. The Morgan fingerprint density at radius 3 is 2.70 bits per heavy atom. The highest BCUT2D eigenvalue weighted by atomic mass is 127. The summed E-state index contributed by atoms with van der Waals surface area (Å²) in [6.07, 6.45) is 1.04. The molecule has 0 aliphatic heterocycles. The van der Waals surface area contributed by atoms with Crippen LogP contribution in [-0.2, 0) is 6.54 Å². The van der Waals surface area contributed by atoms with Crippen LogP contribution in [0.1, 0.15) is 18.9 Å². The Balaban J connectivity index is 2.20. The van der Waals surface area contributed by atoms with E-state index < -0.39 is 0 Å². The maximum Gasteiger partial charge on any atom is 0.140 e. The summed E-state index contributed by atoms with van der Waals surface area (Å²) in [4.78, 5) is 0. The van der Waals surface area contributed by atoms with E-state index in [2.05, 4.69) is 34.8 Å². The molecule has 106 valence electrons. The fourth-order valence-corrected chi connectivity index (χ4v) is 2.33. The topological polar surface area (TPSA) is 21.3 Å². The molecular weight excluding hydrogens is 368 g/mol. The van der Waals surface area contributed by atoms with E-state index in [1.165, 1.54) is 12.1 Å². The van der Waals surface area contributed by atoms with E-state index in [9.17, 15) is 4.39 Å². The zero-order valence-corrected chi connectivity index (χ0v) is 13.5. The van der Waals surface area contributed by atoms with Crippen LogP contribution in [0.3, 0.4) is 0 Å². The standard InChI is InChI=1S/C16H17FINO/c1-2-9-19-11-12-10-13(17)7-8-15(12)20-16-6-4-3-5-14(16)18/h3-8,10,19H,2,9,11H2,1H3. The molecule has 0 fully saturated rings. The minimum absolute atomic E-state index is 0.242. The Hall–Kier alpha value is -1.14. The summed E-state index contributed by atoms with van der Waals surface area (Å²) in [5.74, 6) is 1.24. The smallest absolute Gasteiger partial charge is 0.140 e. The van der Waals surface area contributed by atoms with Crippen LogP contribution in [0.25, 0.3) is 0 Å². The number of rotatable bonds is 6. The van der Waals surface area contributed by atoms with Crippen molar-refractivity contribution >= 4 is 22.6 Å². The summed E-state index contributed by atoms with van der Waals surface area (Å²) < 4.78 is 20.3. The normalized spacial score (nSPS) is 10.6. The van der Waals surface area contributed by atoms with Crippen molar-refractivity contribution in [2.75, 3.05) is 6.54 Å². The number of hydrogen-bond donors (Lipinski definition) is 1. The second-order valence-corrected chi connectivity index (χ2v) is 5.62. The summed E-state index contributed by atoms with van der Waals surface area (Å²) in [5, 5.41) is 3.27. The van der Waals surface area contributed by atoms with Gasteiger partial charge in [-0.25, -0.2) is 4.39 Å². The van der Waals surface area contributed by atoms with Crippen LogP contribution in [-0.4, -0.2) is 6.54 Å². The van der Waals surface area contributed by atoms with Gasteiger partial charge in [0.05, 0.1) is 3.57 Å². The van der Waals surface area contributed by atoms with Crippen LogP contribution < -0.4 is 10.1 Å². The number of hydrogen-bond acceptors (Lipinski definition) is 2. The van der Waals surface area contributed by atoms with Crippen molar-refractivity contribution < 1.29 is 9.13 Å². The lowest BCUT2D eigenvalue weighted by atomic mass is 10.2. The summed E-state index contributed by atoms with van der Waals surface area (Å²) in [6, 6.07) is 12.4. The van der Waals surface area contributed by atoms with Gasteiger partial charge in [0, 0.05) is 12.1 Å². The van der Waals surface area contributed by atoms with Gasteiger partial charge < -0.3 is 10.1 Å². The third-order valence-electron chi connectivity index (χ3n) is 2.82. The van der Waals surface area contributed by atoms with Crippen molar-refractivity contribution in [2.45, 2.75) is 19.9 Å². The number of benzene rings is 2. The van der Waals surface area contributed by atoms with E-state index in [0.717, 1.165) is 27.8 Å². The maximum absolute atomic E-state index is 13.4. The molecule has 0 aromatic heterocycles. The monoisotopic (exact) mass is 385 g/mol. The fourth-order valence-electron chi connectivity index (χ4n) is 1.83. The predicted molar refractivity (Wildman–Crippen MR) is 87.6 cm³/mol. The van der Waals surface area contributed by atoms with Gasteiger partial charge in [0.1, 0.15) is 17.3 Å².